The van der Waals surface area contributed by atoms with Crippen LogP contribution in [0.2, 0.25) is 0 Å². The highest BCUT2D eigenvalue weighted by Crippen LogP contribution is 2.40. The summed E-state index contributed by atoms with van der Waals surface area (Å²) in [6, 6.07) is 0. The quantitative estimate of drug-likeness (QED) is 0.393. The molecule has 3 fully saturated rings. The Hall–Kier alpha value is -1.72. The van der Waals surface area contributed by atoms with E-state index in [4.69, 9.17) is 4.74 Å². The number of hydrogen-bond donors (Lipinski definition) is 1. The van der Waals surface area contributed by atoms with Crippen LogP contribution in [-0.2, 0) is 23.9 Å². The highest BCUT2D eigenvalue weighted by molar-refractivity contribution is 6.12. The van der Waals surface area contributed by atoms with Crippen LogP contribution in [0.3, 0.4) is 0 Å². The SMILES string of the molecule is CCC(CC(CC)C(=O)OC1C(=O)CCC1=O)C(=O)NCC1CCC(CC2CCC2)C1. The molecule has 4 unspecified atom stereocenters. The number of carbonyl (C=O) groups excluding carboxylic acids is 4. The van der Waals surface area contributed by atoms with Crippen molar-refractivity contribution in [3.8, 4) is 0 Å². The second-order valence-corrected chi connectivity index (χ2v) is 10.0. The summed E-state index contributed by atoms with van der Waals surface area (Å²) in [4.78, 5) is 48.9. The van der Waals surface area contributed by atoms with E-state index in [1.807, 2.05) is 13.8 Å². The minimum atomic E-state index is -1.23. The molecule has 0 aromatic rings. The Kier molecular flexibility index (Phi) is 8.67. The Balaban J connectivity index is 1.42. The molecule has 3 aliphatic carbocycles. The molecule has 0 aliphatic heterocycles. The number of carbonyl (C=O) groups is 4. The Bertz CT molecular complexity index is 655. The lowest BCUT2D eigenvalue weighted by Crippen LogP contribution is -2.37. The van der Waals surface area contributed by atoms with Crippen molar-refractivity contribution in [2.24, 2.45) is 29.6 Å². The van der Waals surface area contributed by atoms with Gasteiger partial charge in [0.25, 0.3) is 0 Å². The zero-order valence-electron chi connectivity index (χ0n) is 19.2. The van der Waals surface area contributed by atoms with Gasteiger partial charge in [0.2, 0.25) is 12.0 Å². The number of nitrogens with one attached hydrogen (secondary N) is 1. The van der Waals surface area contributed by atoms with Crippen molar-refractivity contribution in [1.29, 1.82) is 0 Å². The molecule has 0 radical (unpaired) electrons. The summed E-state index contributed by atoms with van der Waals surface area (Å²) in [5.74, 6) is 0.446. The molecule has 31 heavy (non-hydrogen) atoms. The minimum Gasteiger partial charge on any atom is -0.446 e. The molecule has 6 nitrogen and oxygen atoms in total. The summed E-state index contributed by atoms with van der Waals surface area (Å²) in [6.07, 6.45) is 9.90. The maximum Gasteiger partial charge on any atom is 0.310 e. The number of hydrogen-bond acceptors (Lipinski definition) is 5. The first-order chi connectivity index (χ1) is 14.9. The smallest absolute Gasteiger partial charge is 0.310 e. The predicted molar refractivity (Wildman–Crippen MR) is 117 cm³/mol. The van der Waals surface area contributed by atoms with E-state index in [2.05, 4.69) is 5.32 Å². The molecule has 0 aromatic heterocycles. The first kappa shape index (κ1) is 23.9. The number of esters is 1. The third-order valence-corrected chi connectivity index (χ3v) is 7.80. The molecular weight excluding hydrogens is 394 g/mol. The van der Waals surface area contributed by atoms with Gasteiger partial charge in [-0.1, -0.05) is 39.5 Å². The molecule has 0 bridgehead atoms. The summed E-state index contributed by atoms with van der Waals surface area (Å²) in [5.41, 5.74) is 0. The molecule has 0 heterocycles. The van der Waals surface area contributed by atoms with E-state index >= 15 is 0 Å². The third-order valence-electron chi connectivity index (χ3n) is 7.80. The normalized spacial score (nSPS) is 26.5. The summed E-state index contributed by atoms with van der Waals surface area (Å²) in [7, 11) is 0. The van der Waals surface area contributed by atoms with E-state index in [9.17, 15) is 19.2 Å². The number of Topliss-reactive ketones (excluding diaryl/α,β-unsaturated/α-hetero) is 2. The first-order valence-corrected chi connectivity index (χ1v) is 12.4. The van der Waals surface area contributed by atoms with Gasteiger partial charge < -0.3 is 10.1 Å². The molecule has 3 rings (SSSR count). The fourth-order valence-electron chi connectivity index (χ4n) is 5.43. The zero-order valence-corrected chi connectivity index (χ0v) is 19.2. The zero-order chi connectivity index (χ0) is 22.4. The number of rotatable bonds is 11. The molecule has 1 amide bonds. The number of ether oxygens (including phenoxy) is 1. The van der Waals surface area contributed by atoms with Crippen molar-refractivity contribution < 1.29 is 23.9 Å². The summed E-state index contributed by atoms with van der Waals surface area (Å²) in [5, 5.41) is 3.13. The first-order valence-electron chi connectivity index (χ1n) is 12.4. The molecule has 174 valence electrons. The molecule has 4 atom stereocenters. The van der Waals surface area contributed by atoms with Gasteiger partial charge in [-0.2, -0.15) is 0 Å². The van der Waals surface area contributed by atoms with Gasteiger partial charge in [-0.05, 0) is 56.3 Å². The highest BCUT2D eigenvalue weighted by atomic mass is 16.6. The third kappa shape index (κ3) is 6.39. The van der Waals surface area contributed by atoms with Gasteiger partial charge in [0.15, 0.2) is 11.6 Å². The fraction of sp³-hybridized carbons (Fsp3) is 0.840. The Morgan fingerprint density at radius 3 is 2.16 bits per heavy atom. The molecule has 6 heteroatoms. The second kappa shape index (κ2) is 11.2. The Labute approximate surface area is 186 Å². The monoisotopic (exact) mass is 433 g/mol. The van der Waals surface area contributed by atoms with E-state index in [1.54, 1.807) is 0 Å². The van der Waals surface area contributed by atoms with Crippen molar-refractivity contribution in [3.63, 3.8) is 0 Å². The lowest BCUT2D eigenvalue weighted by Gasteiger charge is -2.28. The summed E-state index contributed by atoms with van der Waals surface area (Å²) >= 11 is 0. The summed E-state index contributed by atoms with van der Waals surface area (Å²) in [6.45, 7) is 4.55. The second-order valence-electron chi connectivity index (χ2n) is 10.0. The van der Waals surface area contributed by atoms with Crippen LogP contribution in [0.1, 0.15) is 90.9 Å². The Morgan fingerprint density at radius 2 is 1.58 bits per heavy atom. The Morgan fingerprint density at radius 1 is 0.935 bits per heavy atom. The van der Waals surface area contributed by atoms with Crippen LogP contribution in [0.5, 0.6) is 0 Å². The van der Waals surface area contributed by atoms with E-state index in [1.165, 1.54) is 44.9 Å². The average molecular weight is 434 g/mol. The minimum absolute atomic E-state index is 0.00390. The summed E-state index contributed by atoms with van der Waals surface area (Å²) < 4.78 is 5.24. The lowest BCUT2D eigenvalue weighted by atomic mass is 9.78. The van der Waals surface area contributed by atoms with Crippen LogP contribution in [0, 0.1) is 29.6 Å². The number of amides is 1. The maximum absolute atomic E-state index is 12.8. The van der Waals surface area contributed by atoms with Crippen molar-refractivity contribution in [2.75, 3.05) is 6.54 Å². The van der Waals surface area contributed by atoms with Gasteiger partial charge in [0.1, 0.15) is 0 Å². The molecule has 0 spiro atoms. The average Bonchev–Trinajstić information content (AvgIpc) is 3.31. The highest BCUT2D eigenvalue weighted by Gasteiger charge is 2.38. The van der Waals surface area contributed by atoms with Crippen molar-refractivity contribution in [2.45, 2.75) is 97.0 Å². The lowest BCUT2D eigenvalue weighted by molar-refractivity contribution is -0.161. The largest absolute Gasteiger partial charge is 0.446 e. The van der Waals surface area contributed by atoms with E-state index in [0.717, 1.165) is 18.4 Å². The van der Waals surface area contributed by atoms with Crippen LogP contribution in [0.25, 0.3) is 0 Å². The number of ketones is 2. The van der Waals surface area contributed by atoms with Crippen LogP contribution < -0.4 is 5.32 Å². The topological polar surface area (TPSA) is 89.5 Å². The van der Waals surface area contributed by atoms with Gasteiger partial charge in [-0.15, -0.1) is 0 Å². The maximum atomic E-state index is 12.8. The van der Waals surface area contributed by atoms with E-state index < -0.39 is 18.0 Å². The molecular formula is C25H39NO5. The van der Waals surface area contributed by atoms with Crippen molar-refractivity contribution in [3.05, 3.63) is 0 Å². The fourth-order valence-corrected chi connectivity index (χ4v) is 5.43. The molecule has 3 aliphatic rings. The van der Waals surface area contributed by atoms with Gasteiger partial charge in [-0.25, -0.2) is 0 Å². The van der Waals surface area contributed by atoms with E-state index in [-0.39, 0.29) is 36.2 Å². The van der Waals surface area contributed by atoms with Gasteiger partial charge in [-0.3, -0.25) is 19.2 Å². The van der Waals surface area contributed by atoms with Gasteiger partial charge >= 0.3 is 5.97 Å². The van der Waals surface area contributed by atoms with Crippen LogP contribution >= 0.6 is 0 Å². The van der Waals surface area contributed by atoms with Crippen LogP contribution in [0.4, 0.5) is 0 Å². The van der Waals surface area contributed by atoms with E-state index in [0.29, 0.717) is 25.2 Å². The van der Waals surface area contributed by atoms with Crippen LogP contribution in [0.15, 0.2) is 0 Å². The van der Waals surface area contributed by atoms with Crippen molar-refractivity contribution >= 4 is 23.4 Å². The predicted octanol–water partition coefficient (Wildman–Crippen LogP) is 4.00. The standard InChI is InChI=1S/C25H39NO5/c1-3-19(14-20(4-2)25(30)31-23-21(27)10-11-22(23)28)24(29)26-15-18-9-8-17(13-18)12-16-6-5-7-16/h16-20,23H,3-15H2,1-2H3,(H,26,29). The molecule has 1 N–H and O–H groups in total. The molecule has 3 saturated carbocycles. The van der Waals surface area contributed by atoms with Gasteiger partial charge in [0, 0.05) is 25.3 Å². The molecule has 0 aromatic carbocycles. The van der Waals surface area contributed by atoms with Gasteiger partial charge in [0.05, 0.1) is 5.92 Å². The molecule has 0 saturated heterocycles. The van der Waals surface area contributed by atoms with Crippen LogP contribution in [-0.4, -0.2) is 36.1 Å². The van der Waals surface area contributed by atoms with Crippen molar-refractivity contribution in [1.82, 2.24) is 5.32 Å².